The highest BCUT2D eigenvalue weighted by molar-refractivity contribution is 5.73. The fraction of sp³-hybridized carbons (Fsp3) is 0.278. The monoisotopic (exact) mass is 314 g/mol. The molecular weight excluding hydrogens is 292 g/mol. The van der Waals surface area contributed by atoms with Crippen molar-refractivity contribution in [1.82, 2.24) is 10.6 Å². The van der Waals surface area contributed by atoms with E-state index in [2.05, 4.69) is 10.6 Å². The van der Waals surface area contributed by atoms with E-state index in [0.29, 0.717) is 24.6 Å². The lowest BCUT2D eigenvalue weighted by Gasteiger charge is -2.11. The predicted octanol–water partition coefficient (Wildman–Crippen LogP) is 3.01. The van der Waals surface area contributed by atoms with Crippen LogP contribution in [0.5, 0.6) is 11.5 Å². The van der Waals surface area contributed by atoms with E-state index in [0.717, 1.165) is 11.1 Å². The number of urea groups is 1. The van der Waals surface area contributed by atoms with E-state index in [9.17, 15) is 4.79 Å². The molecule has 0 spiro atoms. The van der Waals surface area contributed by atoms with E-state index in [4.69, 9.17) is 9.47 Å². The van der Waals surface area contributed by atoms with Crippen molar-refractivity contribution < 1.29 is 14.3 Å². The van der Waals surface area contributed by atoms with Crippen LogP contribution in [0.2, 0.25) is 0 Å². The van der Waals surface area contributed by atoms with Crippen molar-refractivity contribution in [2.75, 3.05) is 14.2 Å². The lowest BCUT2D eigenvalue weighted by atomic mass is 10.1. The van der Waals surface area contributed by atoms with Crippen LogP contribution in [0.1, 0.15) is 16.7 Å². The number of nitrogens with one attached hydrogen (secondary N) is 2. The summed E-state index contributed by atoms with van der Waals surface area (Å²) in [6.45, 7) is 2.92. The molecule has 2 amide bonds. The van der Waals surface area contributed by atoms with Crippen LogP contribution in [0.25, 0.3) is 0 Å². The van der Waals surface area contributed by atoms with E-state index < -0.39 is 0 Å². The lowest BCUT2D eigenvalue weighted by molar-refractivity contribution is 0.240. The first-order valence-electron chi connectivity index (χ1n) is 7.40. The first-order valence-corrected chi connectivity index (χ1v) is 7.40. The summed E-state index contributed by atoms with van der Waals surface area (Å²) < 4.78 is 10.4. The number of amides is 2. The van der Waals surface area contributed by atoms with Crippen molar-refractivity contribution in [3.8, 4) is 11.5 Å². The minimum atomic E-state index is -0.215. The highest BCUT2D eigenvalue weighted by atomic mass is 16.5. The third-order valence-electron chi connectivity index (χ3n) is 3.40. The summed E-state index contributed by atoms with van der Waals surface area (Å²) in [6, 6.07) is 13.3. The van der Waals surface area contributed by atoms with Crippen LogP contribution in [0.15, 0.2) is 42.5 Å². The number of benzene rings is 2. The Bertz CT molecular complexity index is 649. The smallest absolute Gasteiger partial charge is 0.315 e. The van der Waals surface area contributed by atoms with Crippen LogP contribution < -0.4 is 20.1 Å². The van der Waals surface area contributed by atoms with Gasteiger partial charge in [0.15, 0.2) is 0 Å². The van der Waals surface area contributed by atoms with Gasteiger partial charge in [0.2, 0.25) is 0 Å². The van der Waals surface area contributed by atoms with Gasteiger partial charge in [0.25, 0.3) is 0 Å². The molecule has 0 aliphatic heterocycles. The Hall–Kier alpha value is -2.69. The van der Waals surface area contributed by atoms with Crippen LogP contribution in [0.4, 0.5) is 4.79 Å². The zero-order valence-electron chi connectivity index (χ0n) is 13.7. The molecule has 2 aromatic rings. The van der Waals surface area contributed by atoms with Gasteiger partial charge in [-0.3, -0.25) is 0 Å². The molecule has 2 rings (SSSR count). The van der Waals surface area contributed by atoms with E-state index in [-0.39, 0.29) is 6.03 Å². The summed E-state index contributed by atoms with van der Waals surface area (Å²) >= 11 is 0. The second kappa shape index (κ2) is 8.08. The highest BCUT2D eigenvalue weighted by Gasteiger charge is 2.04. The van der Waals surface area contributed by atoms with Crippen molar-refractivity contribution in [2.45, 2.75) is 20.0 Å². The molecule has 0 aliphatic carbocycles. The zero-order valence-corrected chi connectivity index (χ0v) is 13.7. The Labute approximate surface area is 136 Å². The predicted molar refractivity (Wildman–Crippen MR) is 89.8 cm³/mol. The minimum absolute atomic E-state index is 0.215. The molecule has 0 unspecified atom stereocenters. The number of carbonyl (C=O) groups excluding carboxylic acids is 1. The van der Waals surface area contributed by atoms with Crippen molar-refractivity contribution >= 4 is 6.03 Å². The summed E-state index contributed by atoms with van der Waals surface area (Å²) in [7, 11) is 3.20. The topological polar surface area (TPSA) is 59.6 Å². The molecule has 0 fully saturated rings. The molecule has 0 aromatic heterocycles. The largest absolute Gasteiger partial charge is 0.497 e. The standard InChI is InChI=1S/C18H22N2O3/c1-13-5-4-6-14(7-13)11-19-18(21)20-12-15-8-16(22-2)10-17(9-15)23-3/h4-10H,11-12H2,1-3H3,(H2,19,20,21). The Morgan fingerprint density at radius 2 is 1.52 bits per heavy atom. The van der Waals surface area contributed by atoms with Gasteiger partial charge in [-0.25, -0.2) is 4.79 Å². The molecule has 0 radical (unpaired) electrons. The molecule has 0 atom stereocenters. The van der Waals surface area contributed by atoms with Gasteiger partial charge >= 0.3 is 6.03 Å². The third-order valence-corrected chi connectivity index (χ3v) is 3.40. The minimum Gasteiger partial charge on any atom is -0.497 e. The highest BCUT2D eigenvalue weighted by Crippen LogP contribution is 2.22. The number of ether oxygens (including phenoxy) is 2. The Balaban J connectivity index is 1.86. The Morgan fingerprint density at radius 1 is 0.913 bits per heavy atom. The SMILES string of the molecule is COc1cc(CNC(=O)NCc2cccc(C)c2)cc(OC)c1. The van der Waals surface area contributed by atoms with Crippen LogP contribution in [-0.4, -0.2) is 20.3 Å². The number of rotatable bonds is 6. The van der Waals surface area contributed by atoms with E-state index >= 15 is 0 Å². The zero-order chi connectivity index (χ0) is 16.7. The average molecular weight is 314 g/mol. The van der Waals surface area contributed by atoms with Crippen LogP contribution >= 0.6 is 0 Å². The van der Waals surface area contributed by atoms with E-state index in [1.165, 1.54) is 5.56 Å². The molecule has 0 bridgehead atoms. The molecule has 0 heterocycles. The van der Waals surface area contributed by atoms with Gasteiger partial charge in [-0.1, -0.05) is 29.8 Å². The molecule has 0 aliphatic rings. The summed E-state index contributed by atoms with van der Waals surface area (Å²) in [6.07, 6.45) is 0. The fourth-order valence-corrected chi connectivity index (χ4v) is 2.22. The Kier molecular flexibility index (Phi) is 5.86. The third kappa shape index (κ3) is 5.21. The maximum atomic E-state index is 11.9. The fourth-order valence-electron chi connectivity index (χ4n) is 2.22. The molecule has 23 heavy (non-hydrogen) atoms. The van der Waals surface area contributed by atoms with Crippen molar-refractivity contribution in [3.05, 3.63) is 59.2 Å². The summed E-state index contributed by atoms with van der Waals surface area (Å²) in [4.78, 5) is 11.9. The van der Waals surface area contributed by atoms with E-state index in [1.807, 2.05) is 43.3 Å². The molecule has 0 saturated heterocycles. The summed E-state index contributed by atoms with van der Waals surface area (Å²) in [5, 5.41) is 5.67. The average Bonchev–Trinajstić information content (AvgIpc) is 2.57. The number of carbonyl (C=O) groups is 1. The second-order valence-corrected chi connectivity index (χ2v) is 5.25. The maximum Gasteiger partial charge on any atom is 0.315 e. The number of methoxy groups -OCH3 is 2. The summed E-state index contributed by atoms with van der Waals surface area (Å²) in [5.74, 6) is 1.39. The van der Waals surface area contributed by atoms with Crippen molar-refractivity contribution in [1.29, 1.82) is 0 Å². The van der Waals surface area contributed by atoms with Crippen molar-refractivity contribution in [2.24, 2.45) is 0 Å². The quantitative estimate of drug-likeness (QED) is 0.861. The van der Waals surface area contributed by atoms with Crippen LogP contribution in [-0.2, 0) is 13.1 Å². The number of hydrogen-bond acceptors (Lipinski definition) is 3. The maximum absolute atomic E-state index is 11.9. The number of hydrogen-bond donors (Lipinski definition) is 2. The van der Waals surface area contributed by atoms with Gasteiger partial charge in [0.05, 0.1) is 14.2 Å². The van der Waals surface area contributed by atoms with Gasteiger partial charge in [0.1, 0.15) is 11.5 Å². The molecular formula is C18H22N2O3. The molecule has 122 valence electrons. The lowest BCUT2D eigenvalue weighted by Crippen LogP contribution is -2.34. The first kappa shape index (κ1) is 16.7. The molecule has 5 heteroatoms. The number of aryl methyl sites for hydroxylation is 1. The molecule has 5 nitrogen and oxygen atoms in total. The van der Waals surface area contributed by atoms with Gasteiger partial charge < -0.3 is 20.1 Å². The van der Waals surface area contributed by atoms with Crippen LogP contribution in [0.3, 0.4) is 0 Å². The normalized spacial score (nSPS) is 10.0. The summed E-state index contributed by atoms with van der Waals surface area (Å²) in [5.41, 5.74) is 3.16. The van der Waals surface area contributed by atoms with Crippen LogP contribution in [0, 0.1) is 6.92 Å². The second-order valence-electron chi connectivity index (χ2n) is 5.25. The van der Waals surface area contributed by atoms with Crippen molar-refractivity contribution in [3.63, 3.8) is 0 Å². The molecule has 2 N–H and O–H groups in total. The van der Waals surface area contributed by atoms with Gasteiger partial charge in [-0.2, -0.15) is 0 Å². The first-order chi connectivity index (χ1) is 11.1. The van der Waals surface area contributed by atoms with Gasteiger partial charge in [-0.05, 0) is 30.2 Å². The molecule has 0 saturated carbocycles. The van der Waals surface area contributed by atoms with Gasteiger partial charge in [-0.15, -0.1) is 0 Å². The van der Waals surface area contributed by atoms with Gasteiger partial charge in [0, 0.05) is 19.2 Å². The van der Waals surface area contributed by atoms with E-state index in [1.54, 1.807) is 20.3 Å². The molecule has 2 aromatic carbocycles. The Morgan fingerprint density at radius 3 is 2.09 bits per heavy atom.